The number of carbonyl (C=O) groups excluding carboxylic acids is 1. The van der Waals surface area contributed by atoms with Crippen LogP contribution in [-0.4, -0.2) is 25.5 Å². The number of hydrogen-bond donors (Lipinski definition) is 0. The van der Waals surface area contributed by atoms with Gasteiger partial charge < -0.3 is 14.2 Å². The van der Waals surface area contributed by atoms with Gasteiger partial charge in [-0.2, -0.15) is 0 Å². The maximum Gasteiger partial charge on any atom is 0.319 e. The Labute approximate surface area is 184 Å². The van der Waals surface area contributed by atoms with E-state index in [1.807, 2.05) is 24.3 Å². The molecule has 1 saturated heterocycles. The number of esters is 1. The van der Waals surface area contributed by atoms with Crippen LogP contribution in [0.4, 0.5) is 4.39 Å². The Hall–Kier alpha value is -2.24. The van der Waals surface area contributed by atoms with Crippen LogP contribution in [0.5, 0.6) is 5.75 Å². The molecule has 0 aromatic heterocycles. The summed E-state index contributed by atoms with van der Waals surface area (Å²) in [7, 11) is 0. The molecule has 0 radical (unpaired) electrons. The molecule has 0 unspecified atom stereocenters. The van der Waals surface area contributed by atoms with Crippen molar-refractivity contribution in [1.82, 2.24) is 0 Å². The number of halogens is 1. The topological polar surface area (TPSA) is 44.8 Å². The standard InChI is InChI=1S/C26H33FO4/c1-3-5-7-9-25-29-17-21(18-30-25)26(28)31-22-14-15-23(24(27)16-22)20-12-10-19(11-13-20)8-6-4-2/h10-16,21,25H,3-9,17-18H2,1-2H3. The predicted molar refractivity (Wildman–Crippen MR) is 119 cm³/mol. The summed E-state index contributed by atoms with van der Waals surface area (Å²) in [6.07, 6.45) is 7.23. The van der Waals surface area contributed by atoms with Crippen LogP contribution in [0.25, 0.3) is 11.1 Å². The van der Waals surface area contributed by atoms with Crippen molar-refractivity contribution in [3.8, 4) is 16.9 Å². The van der Waals surface area contributed by atoms with Crippen LogP contribution in [-0.2, 0) is 20.7 Å². The van der Waals surface area contributed by atoms with Gasteiger partial charge in [-0.25, -0.2) is 4.39 Å². The van der Waals surface area contributed by atoms with E-state index in [-0.39, 0.29) is 25.3 Å². The number of aryl methyl sites for hydroxylation is 1. The third-order valence-corrected chi connectivity index (χ3v) is 5.59. The maximum atomic E-state index is 14.7. The molecule has 1 heterocycles. The number of hydrogen-bond acceptors (Lipinski definition) is 4. The summed E-state index contributed by atoms with van der Waals surface area (Å²) in [5.41, 5.74) is 2.54. The largest absolute Gasteiger partial charge is 0.426 e. The van der Waals surface area contributed by atoms with E-state index in [4.69, 9.17) is 14.2 Å². The zero-order valence-corrected chi connectivity index (χ0v) is 18.6. The van der Waals surface area contributed by atoms with Gasteiger partial charge in [-0.1, -0.05) is 57.4 Å². The lowest BCUT2D eigenvalue weighted by atomic mass is 10.0. The van der Waals surface area contributed by atoms with Gasteiger partial charge in [0.15, 0.2) is 6.29 Å². The first kappa shape index (κ1) is 23.4. The third kappa shape index (κ3) is 6.88. The van der Waals surface area contributed by atoms with E-state index in [9.17, 15) is 9.18 Å². The lowest BCUT2D eigenvalue weighted by Crippen LogP contribution is -2.38. The highest BCUT2D eigenvalue weighted by atomic mass is 19.1. The summed E-state index contributed by atoms with van der Waals surface area (Å²) in [5.74, 6) is -1.19. The number of carbonyl (C=O) groups is 1. The molecule has 0 saturated carbocycles. The first-order valence-electron chi connectivity index (χ1n) is 11.4. The van der Waals surface area contributed by atoms with Crippen molar-refractivity contribution in [3.05, 3.63) is 53.8 Å². The summed E-state index contributed by atoms with van der Waals surface area (Å²) in [6, 6.07) is 12.5. The number of benzene rings is 2. The van der Waals surface area contributed by atoms with E-state index in [2.05, 4.69) is 13.8 Å². The molecule has 0 aliphatic carbocycles. The minimum atomic E-state index is -0.499. The molecule has 2 aromatic carbocycles. The van der Waals surface area contributed by atoms with Gasteiger partial charge in [0, 0.05) is 11.6 Å². The lowest BCUT2D eigenvalue weighted by Gasteiger charge is -2.28. The van der Waals surface area contributed by atoms with Crippen molar-refractivity contribution < 1.29 is 23.4 Å². The fourth-order valence-corrected chi connectivity index (χ4v) is 3.63. The zero-order valence-electron chi connectivity index (χ0n) is 18.6. The normalized spacial score (nSPS) is 18.7. The molecule has 2 aromatic rings. The predicted octanol–water partition coefficient (Wildman–Crippen LogP) is 6.31. The highest BCUT2D eigenvalue weighted by Crippen LogP contribution is 2.28. The number of rotatable bonds is 10. The SMILES string of the molecule is CCCCCC1OCC(C(=O)Oc2ccc(-c3ccc(CCCC)cc3)c(F)c2)CO1. The van der Waals surface area contributed by atoms with Crippen molar-refractivity contribution in [3.63, 3.8) is 0 Å². The fourth-order valence-electron chi connectivity index (χ4n) is 3.63. The Morgan fingerprint density at radius 1 is 1.00 bits per heavy atom. The molecule has 1 fully saturated rings. The monoisotopic (exact) mass is 428 g/mol. The first-order valence-corrected chi connectivity index (χ1v) is 11.4. The van der Waals surface area contributed by atoms with Gasteiger partial charge in [0.25, 0.3) is 0 Å². The summed E-state index contributed by atoms with van der Waals surface area (Å²) >= 11 is 0. The minimum Gasteiger partial charge on any atom is -0.426 e. The molecular weight excluding hydrogens is 395 g/mol. The summed E-state index contributed by atoms with van der Waals surface area (Å²) in [4.78, 5) is 12.4. The molecular formula is C26H33FO4. The first-order chi connectivity index (χ1) is 15.1. The van der Waals surface area contributed by atoms with E-state index >= 15 is 0 Å². The van der Waals surface area contributed by atoms with Crippen molar-refractivity contribution in [1.29, 1.82) is 0 Å². The van der Waals surface area contributed by atoms with Crippen LogP contribution in [0.2, 0.25) is 0 Å². The fraction of sp³-hybridized carbons (Fsp3) is 0.500. The van der Waals surface area contributed by atoms with Gasteiger partial charge >= 0.3 is 5.97 Å². The Balaban J connectivity index is 1.54. The Bertz CT molecular complexity index is 826. The Morgan fingerprint density at radius 2 is 1.71 bits per heavy atom. The van der Waals surface area contributed by atoms with Crippen LogP contribution in [0, 0.1) is 11.7 Å². The molecule has 168 valence electrons. The molecule has 4 nitrogen and oxygen atoms in total. The van der Waals surface area contributed by atoms with Crippen LogP contribution < -0.4 is 4.74 Å². The average molecular weight is 429 g/mol. The van der Waals surface area contributed by atoms with E-state index in [1.165, 1.54) is 11.6 Å². The quantitative estimate of drug-likeness (QED) is 0.253. The van der Waals surface area contributed by atoms with Crippen LogP contribution in [0.3, 0.4) is 0 Å². The van der Waals surface area contributed by atoms with E-state index in [0.29, 0.717) is 5.56 Å². The number of ether oxygens (including phenoxy) is 3. The average Bonchev–Trinajstić information content (AvgIpc) is 2.79. The Morgan fingerprint density at radius 3 is 2.35 bits per heavy atom. The molecule has 5 heteroatoms. The number of unbranched alkanes of at least 4 members (excludes halogenated alkanes) is 3. The van der Waals surface area contributed by atoms with Crippen LogP contribution >= 0.6 is 0 Å². The van der Waals surface area contributed by atoms with E-state index in [0.717, 1.165) is 50.5 Å². The van der Waals surface area contributed by atoms with Crippen LogP contribution in [0.15, 0.2) is 42.5 Å². The van der Waals surface area contributed by atoms with Crippen molar-refractivity contribution >= 4 is 5.97 Å². The van der Waals surface area contributed by atoms with Gasteiger partial charge in [-0.3, -0.25) is 4.79 Å². The molecule has 3 rings (SSSR count). The van der Waals surface area contributed by atoms with Crippen LogP contribution in [0.1, 0.15) is 57.9 Å². The molecule has 0 bridgehead atoms. The van der Waals surface area contributed by atoms with Crippen molar-refractivity contribution in [2.75, 3.05) is 13.2 Å². The van der Waals surface area contributed by atoms with Crippen molar-refractivity contribution in [2.24, 2.45) is 5.92 Å². The molecule has 0 atom stereocenters. The van der Waals surface area contributed by atoms with Gasteiger partial charge in [-0.15, -0.1) is 0 Å². The van der Waals surface area contributed by atoms with Gasteiger partial charge in [0.05, 0.1) is 13.2 Å². The second kappa shape index (κ2) is 12.0. The third-order valence-electron chi connectivity index (χ3n) is 5.59. The molecule has 0 amide bonds. The lowest BCUT2D eigenvalue weighted by molar-refractivity contribution is -0.208. The van der Waals surface area contributed by atoms with E-state index < -0.39 is 17.7 Å². The minimum absolute atomic E-state index is 0.191. The van der Waals surface area contributed by atoms with E-state index in [1.54, 1.807) is 12.1 Å². The van der Waals surface area contributed by atoms with Gasteiger partial charge in [-0.05, 0) is 48.9 Å². The summed E-state index contributed by atoms with van der Waals surface area (Å²) in [6.45, 7) is 4.84. The second-order valence-electron chi connectivity index (χ2n) is 8.15. The maximum absolute atomic E-state index is 14.7. The molecule has 1 aliphatic heterocycles. The smallest absolute Gasteiger partial charge is 0.319 e. The molecule has 31 heavy (non-hydrogen) atoms. The van der Waals surface area contributed by atoms with Gasteiger partial charge in [0.1, 0.15) is 17.5 Å². The zero-order chi connectivity index (χ0) is 22.1. The highest BCUT2D eigenvalue weighted by Gasteiger charge is 2.29. The second-order valence-corrected chi connectivity index (χ2v) is 8.15. The molecule has 1 aliphatic rings. The van der Waals surface area contributed by atoms with Crippen molar-refractivity contribution in [2.45, 2.75) is 65.1 Å². The summed E-state index contributed by atoms with van der Waals surface area (Å²) < 4.78 is 31.3. The molecule has 0 N–H and O–H groups in total. The Kier molecular flexibility index (Phi) is 9.04. The highest BCUT2D eigenvalue weighted by molar-refractivity contribution is 5.76. The summed E-state index contributed by atoms with van der Waals surface area (Å²) in [5, 5.41) is 0. The van der Waals surface area contributed by atoms with Gasteiger partial charge in [0.2, 0.25) is 0 Å². The molecule has 0 spiro atoms.